The Bertz CT molecular complexity index is 486. The first-order valence-electron chi connectivity index (χ1n) is 5.16. The standard InChI is InChI=1S/C11H12N2O5/c1-7(11(15)16)12-10(14)6-8-4-2-3-5-9(8)13(17)18/h2-5,7H,6H2,1H3,(H,12,14)(H,15,16)/t7-/m1/s1. The lowest BCUT2D eigenvalue weighted by Gasteiger charge is -2.09. The molecular weight excluding hydrogens is 240 g/mol. The predicted molar refractivity (Wildman–Crippen MR) is 62.0 cm³/mol. The van der Waals surface area contributed by atoms with Crippen LogP contribution in [0.2, 0.25) is 0 Å². The Morgan fingerprint density at radius 1 is 1.44 bits per heavy atom. The molecule has 0 unspecified atom stereocenters. The number of carbonyl (C=O) groups is 2. The van der Waals surface area contributed by atoms with Crippen molar-refractivity contribution in [2.45, 2.75) is 19.4 Å². The van der Waals surface area contributed by atoms with Crippen LogP contribution in [-0.2, 0) is 16.0 Å². The number of nitro benzene ring substituents is 1. The zero-order valence-electron chi connectivity index (χ0n) is 9.62. The molecule has 0 saturated heterocycles. The van der Waals surface area contributed by atoms with E-state index in [1.807, 2.05) is 0 Å². The summed E-state index contributed by atoms with van der Waals surface area (Å²) >= 11 is 0. The maximum atomic E-state index is 11.5. The quantitative estimate of drug-likeness (QED) is 0.592. The second kappa shape index (κ2) is 5.76. The topological polar surface area (TPSA) is 110 Å². The van der Waals surface area contributed by atoms with Crippen LogP contribution in [0.3, 0.4) is 0 Å². The molecule has 1 aromatic rings. The molecule has 1 amide bonds. The van der Waals surface area contributed by atoms with E-state index in [1.54, 1.807) is 6.07 Å². The van der Waals surface area contributed by atoms with Gasteiger partial charge in [0, 0.05) is 11.6 Å². The number of carboxylic acid groups (broad SMARTS) is 1. The highest BCUT2D eigenvalue weighted by atomic mass is 16.6. The van der Waals surface area contributed by atoms with Gasteiger partial charge in [0.1, 0.15) is 6.04 Å². The minimum Gasteiger partial charge on any atom is -0.480 e. The zero-order chi connectivity index (χ0) is 13.7. The van der Waals surface area contributed by atoms with Crippen molar-refractivity contribution in [2.24, 2.45) is 0 Å². The highest BCUT2D eigenvalue weighted by Gasteiger charge is 2.18. The molecule has 0 saturated carbocycles. The van der Waals surface area contributed by atoms with E-state index in [1.165, 1.54) is 25.1 Å². The maximum Gasteiger partial charge on any atom is 0.325 e. The van der Waals surface area contributed by atoms with Crippen LogP contribution in [0.25, 0.3) is 0 Å². The number of amides is 1. The minimum absolute atomic E-state index is 0.157. The van der Waals surface area contributed by atoms with Gasteiger partial charge in [0.2, 0.25) is 5.91 Å². The third-order valence-corrected chi connectivity index (χ3v) is 2.29. The Labute approximate surface area is 103 Å². The second-order valence-corrected chi connectivity index (χ2v) is 3.69. The molecule has 0 radical (unpaired) electrons. The van der Waals surface area contributed by atoms with Gasteiger partial charge in [-0.3, -0.25) is 19.7 Å². The van der Waals surface area contributed by atoms with E-state index in [9.17, 15) is 19.7 Å². The lowest BCUT2D eigenvalue weighted by atomic mass is 10.1. The third-order valence-electron chi connectivity index (χ3n) is 2.29. The summed E-state index contributed by atoms with van der Waals surface area (Å²) in [6, 6.07) is 4.81. The molecule has 0 aliphatic rings. The fraction of sp³-hybridized carbons (Fsp3) is 0.273. The van der Waals surface area contributed by atoms with E-state index >= 15 is 0 Å². The number of benzene rings is 1. The van der Waals surface area contributed by atoms with Crippen molar-refractivity contribution in [1.82, 2.24) is 5.32 Å². The van der Waals surface area contributed by atoms with Crippen molar-refractivity contribution in [2.75, 3.05) is 0 Å². The predicted octanol–water partition coefficient (Wildman–Crippen LogP) is 0.727. The van der Waals surface area contributed by atoms with Gasteiger partial charge in [-0.1, -0.05) is 18.2 Å². The number of rotatable bonds is 5. The van der Waals surface area contributed by atoms with Crippen molar-refractivity contribution in [3.05, 3.63) is 39.9 Å². The number of nitrogens with zero attached hydrogens (tertiary/aromatic N) is 1. The van der Waals surface area contributed by atoms with Gasteiger partial charge in [-0.15, -0.1) is 0 Å². The van der Waals surface area contributed by atoms with Crippen molar-refractivity contribution < 1.29 is 19.6 Å². The first kappa shape index (κ1) is 13.6. The smallest absolute Gasteiger partial charge is 0.325 e. The molecule has 0 heterocycles. The highest BCUT2D eigenvalue weighted by molar-refractivity contribution is 5.85. The van der Waals surface area contributed by atoms with Gasteiger partial charge in [-0.05, 0) is 6.92 Å². The Balaban J connectivity index is 2.76. The summed E-state index contributed by atoms with van der Waals surface area (Å²) in [5.74, 6) is -1.73. The van der Waals surface area contributed by atoms with Crippen molar-refractivity contribution >= 4 is 17.6 Å². The summed E-state index contributed by atoms with van der Waals surface area (Å²) in [7, 11) is 0. The van der Waals surface area contributed by atoms with Crippen molar-refractivity contribution in [3.63, 3.8) is 0 Å². The van der Waals surface area contributed by atoms with E-state index in [0.29, 0.717) is 0 Å². The number of carbonyl (C=O) groups excluding carboxylic acids is 1. The van der Waals surface area contributed by atoms with E-state index in [-0.39, 0.29) is 17.7 Å². The fourth-order valence-electron chi connectivity index (χ4n) is 1.37. The number of hydrogen-bond acceptors (Lipinski definition) is 4. The molecule has 0 aromatic heterocycles. The molecule has 96 valence electrons. The number of nitro groups is 1. The molecule has 1 aromatic carbocycles. The van der Waals surface area contributed by atoms with Crippen LogP contribution in [0.1, 0.15) is 12.5 Å². The highest BCUT2D eigenvalue weighted by Crippen LogP contribution is 2.17. The maximum absolute atomic E-state index is 11.5. The lowest BCUT2D eigenvalue weighted by molar-refractivity contribution is -0.385. The molecule has 7 nitrogen and oxygen atoms in total. The number of aliphatic carboxylic acids is 1. The van der Waals surface area contributed by atoms with E-state index in [2.05, 4.69) is 5.32 Å². The largest absolute Gasteiger partial charge is 0.480 e. The molecule has 0 spiro atoms. The molecule has 7 heteroatoms. The van der Waals surface area contributed by atoms with Gasteiger partial charge in [-0.25, -0.2) is 0 Å². The second-order valence-electron chi connectivity index (χ2n) is 3.69. The van der Waals surface area contributed by atoms with E-state index in [0.717, 1.165) is 0 Å². The average Bonchev–Trinajstić information content (AvgIpc) is 2.28. The number of nitrogens with one attached hydrogen (secondary N) is 1. The zero-order valence-corrected chi connectivity index (χ0v) is 9.62. The molecule has 1 atom stereocenters. The Hall–Kier alpha value is -2.44. The van der Waals surface area contributed by atoms with Crippen LogP contribution < -0.4 is 5.32 Å². The van der Waals surface area contributed by atoms with Crippen LogP contribution in [0.5, 0.6) is 0 Å². The summed E-state index contributed by atoms with van der Waals surface area (Å²) in [6.07, 6.45) is -0.227. The molecule has 18 heavy (non-hydrogen) atoms. The molecule has 0 aliphatic carbocycles. The molecule has 1 rings (SSSR count). The first-order valence-corrected chi connectivity index (χ1v) is 5.16. The summed E-state index contributed by atoms with van der Waals surface area (Å²) in [4.78, 5) is 32.2. The van der Waals surface area contributed by atoms with Crippen LogP contribution >= 0.6 is 0 Å². The molecule has 0 aliphatic heterocycles. The van der Waals surface area contributed by atoms with Crippen LogP contribution in [0.15, 0.2) is 24.3 Å². The molecule has 0 bridgehead atoms. The normalized spacial score (nSPS) is 11.6. The monoisotopic (exact) mass is 252 g/mol. The number of carboxylic acids is 1. The van der Waals surface area contributed by atoms with Crippen LogP contribution in [-0.4, -0.2) is 27.9 Å². The summed E-state index contributed by atoms with van der Waals surface area (Å²) in [5.41, 5.74) is 0.0909. The van der Waals surface area contributed by atoms with Crippen molar-refractivity contribution in [1.29, 1.82) is 0 Å². The molecular formula is C11H12N2O5. The third kappa shape index (κ3) is 3.55. The molecule has 0 fully saturated rings. The van der Waals surface area contributed by atoms with E-state index < -0.39 is 22.8 Å². The Kier molecular flexibility index (Phi) is 4.36. The average molecular weight is 252 g/mol. The van der Waals surface area contributed by atoms with Gasteiger partial charge in [-0.2, -0.15) is 0 Å². The number of hydrogen-bond donors (Lipinski definition) is 2. The van der Waals surface area contributed by atoms with Gasteiger partial charge in [0.05, 0.1) is 11.3 Å². The summed E-state index contributed by atoms with van der Waals surface area (Å²) < 4.78 is 0. The fourth-order valence-corrected chi connectivity index (χ4v) is 1.37. The van der Waals surface area contributed by atoms with Gasteiger partial charge in [0.15, 0.2) is 0 Å². The summed E-state index contributed by atoms with van der Waals surface area (Å²) in [5, 5.41) is 21.6. The van der Waals surface area contributed by atoms with Crippen molar-refractivity contribution in [3.8, 4) is 0 Å². The van der Waals surface area contributed by atoms with Gasteiger partial charge < -0.3 is 10.4 Å². The summed E-state index contributed by atoms with van der Waals surface area (Å²) in [6.45, 7) is 1.32. The number of para-hydroxylation sites is 1. The van der Waals surface area contributed by atoms with Crippen LogP contribution in [0, 0.1) is 10.1 Å². The van der Waals surface area contributed by atoms with Crippen LogP contribution in [0.4, 0.5) is 5.69 Å². The lowest BCUT2D eigenvalue weighted by Crippen LogP contribution is -2.39. The van der Waals surface area contributed by atoms with E-state index in [4.69, 9.17) is 5.11 Å². The minimum atomic E-state index is -1.16. The Morgan fingerprint density at radius 3 is 2.61 bits per heavy atom. The van der Waals surface area contributed by atoms with Gasteiger partial charge >= 0.3 is 5.97 Å². The van der Waals surface area contributed by atoms with Gasteiger partial charge in [0.25, 0.3) is 5.69 Å². The molecule has 2 N–H and O–H groups in total. The SMILES string of the molecule is C[C@@H](NC(=O)Cc1ccccc1[N+](=O)[O-])C(=O)O. The Morgan fingerprint density at radius 2 is 2.06 bits per heavy atom. The first-order chi connectivity index (χ1) is 8.41.